The molecule has 0 aliphatic heterocycles. The Hall–Kier alpha value is -1.97. The van der Waals surface area contributed by atoms with Crippen LogP contribution in [0, 0.1) is 10.1 Å². The van der Waals surface area contributed by atoms with Gasteiger partial charge in [-0.05, 0) is 29.8 Å². The molecule has 9 heteroatoms. The lowest BCUT2D eigenvalue weighted by Crippen LogP contribution is -2.30. The lowest BCUT2D eigenvalue weighted by molar-refractivity contribution is -0.386. The van der Waals surface area contributed by atoms with E-state index in [0.29, 0.717) is 0 Å². The van der Waals surface area contributed by atoms with Gasteiger partial charge in [0.15, 0.2) is 5.75 Å². The first-order valence-electron chi connectivity index (χ1n) is 7.95. The average Bonchev–Trinajstić information content (AvgIpc) is 2.61. The summed E-state index contributed by atoms with van der Waals surface area (Å²) in [6, 6.07) is 11.0. The first-order valence-corrected chi connectivity index (χ1v) is 10.2. The fraction of sp³-hybridized carbons (Fsp3) is 0.294. The molecule has 2 rings (SSSR count). The molecule has 0 amide bonds. The number of rotatable bonds is 8. The Bertz CT molecular complexity index is 881. The number of hydrogen-bond acceptors (Lipinski definition) is 5. The lowest BCUT2D eigenvalue weighted by atomic mass is 10.2. The van der Waals surface area contributed by atoms with Crippen molar-refractivity contribution in [1.29, 1.82) is 0 Å². The molecule has 0 aliphatic rings. The molecule has 140 valence electrons. The summed E-state index contributed by atoms with van der Waals surface area (Å²) in [5.74, 6) is 0.0245. The molecule has 0 spiro atoms. The number of halogens is 1. The first kappa shape index (κ1) is 20.3. The van der Waals surface area contributed by atoms with E-state index >= 15 is 0 Å². The van der Waals surface area contributed by atoms with Gasteiger partial charge >= 0.3 is 5.69 Å². The van der Waals surface area contributed by atoms with E-state index in [1.165, 1.54) is 16.4 Å². The smallest absolute Gasteiger partial charge is 0.312 e. The van der Waals surface area contributed by atoms with Crippen LogP contribution in [0.4, 0.5) is 5.69 Å². The zero-order chi connectivity index (χ0) is 19.3. The standard InChI is InChI=1S/C17H19BrN2O5S/c1-3-19(4-2)26(23,24)15-9-10-17(16(11-15)20(21)22)25-12-13-5-7-14(18)8-6-13/h5-11H,3-4,12H2,1-2H3. The minimum atomic E-state index is -3.78. The first-order chi connectivity index (χ1) is 12.3. The van der Waals surface area contributed by atoms with Gasteiger partial charge in [-0.1, -0.05) is 41.9 Å². The third kappa shape index (κ3) is 4.60. The van der Waals surface area contributed by atoms with Gasteiger partial charge in [0.05, 0.1) is 9.82 Å². The van der Waals surface area contributed by atoms with E-state index in [-0.39, 0.29) is 36.0 Å². The predicted octanol–water partition coefficient (Wildman–Crippen LogP) is 3.97. The molecular formula is C17H19BrN2O5S. The summed E-state index contributed by atoms with van der Waals surface area (Å²) in [4.78, 5) is 10.6. The van der Waals surface area contributed by atoms with Gasteiger partial charge in [0.25, 0.3) is 0 Å². The highest BCUT2D eigenvalue weighted by Crippen LogP contribution is 2.31. The van der Waals surface area contributed by atoms with Crippen molar-refractivity contribution in [2.75, 3.05) is 13.1 Å². The number of nitrogens with zero attached hydrogens (tertiary/aromatic N) is 2. The van der Waals surface area contributed by atoms with Crippen LogP contribution >= 0.6 is 15.9 Å². The maximum absolute atomic E-state index is 12.5. The van der Waals surface area contributed by atoms with Crippen LogP contribution in [0.25, 0.3) is 0 Å². The minimum Gasteiger partial charge on any atom is -0.482 e. The Labute approximate surface area is 160 Å². The summed E-state index contributed by atoms with van der Waals surface area (Å²) in [5.41, 5.74) is 0.456. The molecule has 2 aromatic rings. The van der Waals surface area contributed by atoms with Crippen LogP contribution in [0.1, 0.15) is 19.4 Å². The molecule has 0 N–H and O–H groups in total. The van der Waals surface area contributed by atoms with Gasteiger partial charge in [0, 0.05) is 23.6 Å². The van der Waals surface area contributed by atoms with E-state index in [2.05, 4.69) is 15.9 Å². The van der Waals surface area contributed by atoms with Gasteiger partial charge in [-0.25, -0.2) is 8.42 Å². The van der Waals surface area contributed by atoms with Crippen LogP contribution < -0.4 is 4.74 Å². The van der Waals surface area contributed by atoms with Crippen LogP contribution in [0.2, 0.25) is 0 Å². The molecule has 0 aliphatic carbocycles. The molecule has 0 saturated carbocycles. The minimum absolute atomic E-state index is 0.0245. The van der Waals surface area contributed by atoms with Gasteiger partial charge in [-0.3, -0.25) is 10.1 Å². The Kier molecular flexibility index (Phi) is 6.74. The molecule has 2 aromatic carbocycles. The topological polar surface area (TPSA) is 89.8 Å². The van der Waals surface area contributed by atoms with Gasteiger partial charge in [-0.2, -0.15) is 4.31 Å². The van der Waals surface area contributed by atoms with E-state index in [4.69, 9.17) is 4.74 Å². The van der Waals surface area contributed by atoms with Crippen molar-refractivity contribution in [2.24, 2.45) is 0 Å². The molecule has 0 unspecified atom stereocenters. The van der Waals surface area contributed by atoms with Crippen molar-refractivity contribution in [1.82, 2.24) is 4.31 Å². The molecular weight excluding hydrogens is 424 g/mol. The quantitative estimate of drug-likeness (QED) is 0.455. The number of benzene rings is 2. The van der Waals surface area contributed by atoms with Crippen LogP contribution in [0.5, 0.6) is 5.75 Å². The highest BCUT2D eigenvalue weighted by Gasteiger charge is 2.26. The van der Waals surface area contributed by atoms with E-state index < -0.39 is 14.9 Å². The predicted molar refractivity (Wildman–Crippen MR) is 102 cm³/mol. The van der Waals surface area contributed by atoms with Crippen LogP contribution in [-0.2, 0) is 16.6 Å². The van der Waals surface area contributed by atoms with Crippen molar-refractivity contribution in [3.05, 3.63) is 62.6 Å². The van der Waals surface area contributed by atoms with Crippen LogP contribution in [-0.4, -0.2) is 30.7 Å². The highest BCUT2D eigenvalue weighted by molar-refractivity contribution is 9.10. The summed E-state index contributed by atoms with van der Waals surface area (Å²) in [6.45, 7) is 4.13. The summed E-state index contributed by atoms with van der Waals surface area (Å²) in [7, 11) is -3.78. The molecule has 26 heavy (non-hydrogen) atoms. The molecule has 0 bridgehead atoms. The zero-order valence-electron chi connectivity index (χ0n) is 14.4. The van der Waals surface area contributed by atoms with Crippen molar-refractivity contribution in [3.63, 3.8) is 0 Å². The third-order valence-corrected chi connectivity index (χ3v) is 6.35. The van der Waals surface area contributed by atoms with E-state index in [1.54, 1.807) is 13.8 Å². The van der Waals surface area contributed by atoms with E-state index in [9.17, 15) is 18.5 Å². The second-order valence-electron chi connectivity index (χ2n) is 5.39. The number of nitro benzene ring substituents is 1. The van der Waals surface area contributed by atoms with Crippen LogP contribution in [0.15, 0.2) is 51.8 Å². The number of hydrogen-bond donors (Lipinski definition) is 0. The second-order valence-corrected chi connectivity index (χ2v) is 8.24. The van der Waals surface area contributed by atoms with E-state index in [1.807, 2.05) is 24.3 Å². The van der Waals surface area contributed by atoms with Crippen molar-refractivity contribution < 1.29 is 18.1 Å². The molecule has 0 heterocycles. The molecule has 0 atom stereocenters. The number of ether oxygens (including phenoxy) is 1. The Morgan fingerprint density at radius 3 is 2.27 bits per heavy atom. The lowest BCUT2D eigenvalue weighted by Gasteiger charge is -2.18. The summed E-state index contributed by atoms with van der Waals surface area (Å²) >= 11 is 3.33. The van der Waals surface area contributed by atoms with E-state index in [0.717, 1.165) is 16.1 Å². The van der Waals surface area contributed by atoms with Crippen molar-refractivity contribution in [3.8, 4) is 5.75 Å². The maximum atomic E-state index is 12.5. The summed E-state index contributed by atoms with van der Waals surface area (Å²) in [5, 5.41) is 11.4. The fourth-order valence-electron chi connectivity index (χ4n) is 2.38. The van der Waals surface area contributed by atoms with Crippen LogP contribution in [0.3, 0.4) is 0 Å². The fourth-order valence-corrected chi connectivity index (χ4v) is 4.12. The highest BCUT2D eigenvalue weighted by atomic mass is 79.9. The Balaban J connectivity index is 2.31. The third-order valence-electron chi connectivity index (χ3n) is 3.78. The number of sulfonamides is 1. The largest absolute Gasteiger partial charge is 0.482 e. The molecule has 7 nitrogen and oxygen atoms in total. The van der Waals surface area contributed by atoms with Gasteiger partial charge in [0.2, 0.25) is 10.0 Å². The Morgan fingerprint density at radius 2 is 1.73 bits per heavy atom. The Morgan fingerprint density at radius 1 is 1.12 bits per heavy atom. The maximum Gasteiger partial charge on any atom is 0.312 e. The monoisotopic (exact) mass is 442 g/mol. The second kappa shape index (κ2) is 8.61. The molecule has 0 fully saturated rings. The zero-order valence-corrected chi connectivity index (χ0v) is 16.8. The average molecular weight is 443 g/mol. The molecule has 0 aromatic heterocycles. The normalized spacial score (nSPS) is 11.5. The molecule has 0 radical (unpaired) electrons. The van der Waals surface area contributed by atoms with Gasteiger partial charge in [-0.15, -0.1) is 0 Å². The number of nitro groups is 1. The van der Waals surface area contributed by atoms with Gasteiger partial charge in [0.1, 0.15) is 6.61 Å². The molecule has 0 saturated heterocycles. The van der Waals surface area contributed by atoms with Crippen molar-refractivity contribution >= 4 is 31.6 Å². The van der Waals surface area contributed by atoms with Gasteiger partial charge < -0.3 is 4.74 Å². The van der Waals surface area contributed by atoms with Crippen molar-refractivity contribution in [2.45, 2.75) is 25.3 Å². The summed E-state index contributed by atoms with van der Waals surface area (Å²) < 4.78 is 32.8. The SMILES string of the molecule is CCN(CC)S(=O)(=O)c1ccc(OCc2ccc(Br)cc2)c([N+](=O)[O-])c1. The summed E-state index contributed by atoms with van der Waals surface area (Å²) in [6.07, 6.45) is 0.